The number of fused-ring (bicyclic) bond motifs is 1. The van der Waals surface area contributed by atoms with Crippen LogP contribution in [-0.4, -0.2) is 70.2 Å². The molecule has 1 atom stereocenters. The number of hydrogen-bond donors (Lipinski definition) is 0. The van der Waals surface area contributed by atoms with E-state index in [-0.39, 0.29) is 11.9 Å². The average molecular weight is 486 g/mol. The van der Waals surface area contributed by atoms with Crippen LogP contribution in [0.15, 0.2) is 66.9 Å². The van der Waals surface area contributed by atoms with Gasteiger partial charge in [0.25, 0.3) is 5.91 Å². The third-order valence-electron chi connectivity index (χ3n) is 6.79. The molecule has 3 heterocycles. The van der Waals surface area contributed by atoms with Crippen molar-refractivity contribution in [3.63, 3.8) is 0 Å². The van der Waals surface area contributed by atoms with E-state index in [0.29, 0.717) is 24.6 Å². The molecule has 186 valence electrons. The molecule has 1 fully saturated rings. The highest BCUT2D eigenvalue weighted by Crippen LogP contribution is 2.32. The lowest BCUT2D eigenvalue weighted by atomic mass is 10.1. The molecule has 2 aromatic carbocycles. The topological polar surface area (TPSA) is 72.2 Å². The average Bonchev–Trinajstić information content (AvgIpc) is 3.35. The molecule has 0 saturated carbocycles. The minimum atomic E-state index is 0.110. The van der Waals surface area contributed by atoms with Crippen LogP contribution < -0.4 is 9.47 Å². The summed E-state index contributed by atoms with van der Waals surface area (Å²) in [6.45, 7) is 5.18. The fourth-order valence-corrected chi connectivity index (χ4v) is 4.89. The maximum Gasteiger partial charge on any atom is 0.254 e. The van der Waals surface area contributed by atoms with Gasteiger partial charge in [0.15, 0.2) is 17.1 Å². The number of ether oxygens (including phenoxy) is 2. The number of amides is 1. The molecule has 0 unspecified atom stereocenters. The van der Waals surface area contributed by atoms with Crippen LogP contribution in [0.4, 0.5) is 0 Å². The maximum absolute atomic E-state index is 13.1. The van der Waals surface area contributed by atoms with E-state index in [1.54, 1.807) is 20.4 Å². The van der Waals surface area contributed by atoms with Gasteiger partial charge in [-0.05, 0) is 42.8 Å². The van der Waals surface area contributed by atoms with Crippen LogP contribution in [-0.2, 0) is 6.54 Å². The van der Waals surface area contributed by atoms with E-state index in [1.807, 2.05) is 70.1 Å². The highest BCUT2D eigenvalue weighted by atomic mass is 16.5. The van der Waals surface area contributed by atoms with E-state index in [4.69, 9.17) is 14.6 Å². The van der Waals surface area contributed by atoms with Crippen molar-refractivity contribution in [3.8, 4) is 22.8 Å². The molecule has 2 aromatic heterocycles. The molecule has 8 heteroatoms. The maximum atomic E-state index is 13.1. The van der Waals surface area contributed by atoms with Crippen LogP contribution in [0.5, 0.6) is 11.5 Å². The van der Waals surface area contributed by atoms with Crippen LogP contribution in [0.1, 0.15) is 29.4 Å². The molecule has 5 rings (SSSR count). The zero-order valence-corrected chi connectivity index (χ0v) is 20.9. The fourth-order valence-electron chi connectivity index (χ4n) is 4.89. The summed E-state index contributed by atoms with van der Waals surface area (Å²) in [5, 5.41) is 4.89. The summed E-state index contributed by atoms with van der Waals surface area (Å²) in [5.74, 6) is 1.46. The Hall–Kier alpha value is -3.91. The molecule has 8 nitrogen and oxygen atoms in total. The highest BCUT2D eigenvalue weighted by Gasteiger charge is 2.30. The molecule has 4 aromatic rings. The second kappa shape index (κ2) is 10.4. The van der Waals surface area contributed by atoms with E-state index < -0.39 is 0 Å². The number of nitrogens with zero attached hydrogens (tertiary/aromatic N) is 5. The van der Waals surface area contributed by atoms with E-state index in [0.717, 1.165) is 47.7 Å². The minimum Gasteiger partial charge on any atom is -0.493 e. The lowest BCUT2D eigenvalue weighted by molar-refractivity contribution is 0.0427. The number of benzene rings is 2. The Labute approximate surface area is 211 Å². The van der Waals surface area contributed by atoms with Crippen LogP contribution in [0.25, 0.3) is 16.9 Å². The first kappa shape index (κ1) is 23.8. The number of methoxy groups -OCH3 is 2. The zero-order valence-electron chi connectivity index (χ0n) is 20.9. The Morgan fingerprint density at radius 1 is 1.00 bits per heavy atom. The highest BCUT2D eigenvalue weighted by molar-refractivity contribution is 5.94. The number of carbonyl (C=O) groups is 1. The van der Waals surface area contributed by atoms with Crippen LogP contribution in [0.3, 0.4) is 0 Å². The SMILES string of the molecule is CC[C@H]1CN(Cc2cc3nccc(-c4ccc(OC)c(OC)c4)n3n2)CCN1C(=O)c1ccccc1. The Balaban J connectivity index is 1.34. The largest absolute Gasteiger partial charge is 0.493 e. The van der Waals surface area contributed by atoms with Gasteiger partial charge in [-0.25, -0.2) is 9.50 Å². The van der Waals surface area contributed by atoms with Gasteiger partial charge in [-0.3, -0.25) is 9.69 Å². The Kier molecular flexibility index (Phi) is 6.86. The predicted molar refractivity (Wildman–Crippen MR) is 138 cm³/mol. The zero-order chi connectivity index (χ0) is 25.1. The Morgan fingerprint density at radius 2 is 1.81 bits per heavy atom. The summed E-state index contributed by atoms with van der Waals surface area (Å²) in [6, 6.07) is 19.5. The van der Waals surface area contributed by atoms with Gasteiger partial charge in [-0.1, -0.05) is 25.1 Å². The van der Waals surface area contributed by atoms with Crippen molar-refractivity contribution in [2.45, 2.75) is 25.9 Å². The Morgan fingerprint density at radius 3 is 2.56 bits per heavy atom. The molecule has 0 aliphatic carbocycles. The summed E-state index contributed by atoms with van der Waals surface area (Å²) in [6.07, 6.45) is 2.71. The molecule has 0 spiro atoms. The second-order valence-corrected chi connectivity index (χ2v) is 8.97. The number of piperazine rings is 1. The van der Waals surface area contributed by atoms with Gasteiger partial charge in [0.1, 0.15) is 0 Å². The third kappa shape index (κ3) is 4.64. The normalized spacial score (nSPS) is 16.3. The van der Waals surface area contributed by atoms with E-state index in [1.165, 1.54) is 0 Å². The summed E-state index contributed by atoms with van der Waals surface area (Å²) in [4.78, 5) is 22.0. The minimum absolute atomic E-state index is 0.110. The molecular formula is C28H31N5O3. The summed E-state index contributed by atoms with van der Waals surface area (Å²) in [5.41, 5.74) is 4.39. The summed E-state index contributed by atoms with van der Waals surface area (Å²) < 4.78 is 12.7. The number of aromatic nitrogens is 3. The first-order valence-electron chi connectivity index (χ1n) is 12.3. The molecular weight excluding hydrogens is 454 g/mol. The smallest absolute Gasteiger partial charge is 0.254 e. The van der Waals surface area contributed by atoms with Crippen molar-refractivity contribution in [2.24, 2.45) is 0 Å². The molecule has 0 radical (unpaired) electrons. The predicted octanol–water partition coefficient (Wildman–Crippen LogP) is 4.15. The molecule has 1 amide bonds. The van der Waals surface area contributed by atoms with Crippen LogP contribution >= 0.6 is 0 Å². The molecule has 1 aliphatic rings. The van der Waals surface area contributed by atoms with Gasteiger partial charge in [-0.15, -0.1) is 0 Å². The molecule has 0 N–H and O–H groups in total. The van der Waals surface area contributed by atoms with Gasteiger partial charge < -0.3 is 14.4 Å². The number of rotatable bonds is 7. The lowest BCUT2D eigenvalue weighted by Crippen LogP contribution is -2.54. The number of carbonyl (C=O) groups excluding carboxylic acids is 1. The monoisotopic (exact) mass is 485 g/mol. The molecule has 1 aliphatic heterocycles. The van der Waals surface area contributed by atoms with Gasteiger partial charge in [0, 0.05) is 55.6 Å². The van der Waals surface area contributed by atoms with E-state index in [9.17, 15) is 4.79 Å². The van der Waals surface area contributed by atoms with Crippen LogP contribution in [0, 0.1) is 0 Å². The Bertz CT molecular complexity index is 1350. The molecule has 36 heavy (non-hydrogen) atoms. The first-order chi connectivity index (χ1) is 17.6. The molecule has 1 saturated heterocycles. The van der Waals surface area contributed by atoms with Crippen molar-refractivity contribution in [1.29, 1.82) is 0 Å². The fraction of sp³-hybridized carbons (Fsp3) is 0.321. The van der Waals surface area contributed by atoms with Crippen molar-refractivity contribution in [2.75, 3.05) is 33.9 Å². The van der Waals surface area contributed by atoms with Gasteiger partial charge in [-0.2, -0.15) is 5.10 Å². The van der Waals surface area contributed by atoms with Gasteiger partial charge in [0.2, 0.25) is 0 Å². The van der Waals surface area contributed by atoms with Crippen molar-refractivity contribution >= 4 is 11.6 Å². The van der Waals surface area contributed by atoms with Gasteiger partial charge >= 0.3 is 0 Å². The standard InChI is InChI=1S/C28H31N5O3/c1-4-23-19-31(14-15-32(23)28(34)20-8-6-5-7-9-20)18-22-17-27-29-13-12-24(33(27)30-22)21-10-11-25(35-2)26(16-21)36-3/h5-13,16-17,23H,4,14-15,18-19H2,1-3H3/t23-/m0/s1. The van der Waals surface area contributed by atoms with Crippen molar-refractivity contribution in [3.05, 3.63) is 78.1 Å². The first-order valence-corrected chi connectivity index (χ1v) is 12.3. The molecule has 0 bridgehead atoms. The second-order valence-electron chi connectivity index (χ2n) is 8.97. The third-order valence-corrected chi connectivity index (χ3v) is 6.79. The van der Waals surface area contributed by atoms with Gasteiger partial charge in [0.05, 0.1) is 25.6 Å². The van der Waals surface area contributed by atoms with Crippen molar-refractivity contribution < 1.29 is 14.3 Å². The lowest BCUT2D eigenvalue weighted by Gasteiger charge is -2.41. The van der Waals surface area contributed by atoms with Crippen LogP contribution in [0.2, 0.25) is 0 Å². The number of hydrogen-bond acceptors (Lipinski definition) is 6. The summed E-state index contributed by atoms with van der Waals surface area (Å²) >= 11 is 0. The van der Waals surface area contributed by atoms with E-state index in [2.05, 4.69) is 16.8 Å². The summed E-state index contributed by atoms with van der Waals surface area (Å²) in [7, 11) is 3.26. The van der Waals surface area contributed by atoms with Crippen molar-refractivity contribution in [1.82, 2.24) is 24.4 Å². The quantitative estimate of drug-likeness (QED) is 0.392. The van der Waals surface area contributed by atoms with E-state index >= 15 is 0 Å².